The first-order valence-electron chi connectivity index (χ1n) is 8.91. The van der Waals surface area contributed by atoms with Crippen molar-refractivity contribution in [3.05, 3.63) is 42.7 Å². The number of hydrogen-bond acceptors (Lipinski definition) is 5. The van der Waals surface area contributed by atoms with Gasteiger partial charge in [-0.05, 0) is 56.0 Å². The van der Waals surface area contributed by atoms with E-state index >= 15 is 0 Å². The molecule has 2 saturated heterocycles. The van der Waals surface area contributed by atoms with E-state index in [0.29, 0.717) is 32.7 Å². The van der Waals surface area contributed by atoms with E-state index in [-0.39, 0.29) is 16.5 Å². The standard InChI is InChI=1S/C18H23N3O4S/c22-26(23,17-4-2-16(3-5-17)21-10-1-9-19-21)20-15-6-11-25-18(14-15)7-12-24-13-8-18/h1-5,9-10,15,20H,6-8,11-14H2/t15-/m1/s1. The van der Waals surface area contributed by atoms with Crippen molar-refractivity contribution in [1.82, 2.24) is 14.5 Å². The van der Waals surface area contributed by atoms with Gasteiger partial charge in [-0.15, -0.1) is 0 Å². The zero-order chi connectivity index (χ0) is 18.0. The lowest BCUT2D eigenvalue weighted by Gasteiger charge is -2.43. The van der Waals surface area contributed by atoms with Gasteiger partial charge in [-0.1, -0.05) is 0 Å². The first-order chi connectivity index (χ1) is 12.6. The normalized spacial score (nSPS) is 23.2. The van der Waals surface area contributed by atoms with Crippen molar-refractivity contribution in [2.75, 3.05) is 19.8 Å². The van der Waals surface area contributed by atoms with Crippen molar-refractivity contribution in [3.8, 4) is 5.69 Å². The highest BCUT2D eigenvalue weighted by Gasteiger charge is 2.40. The molecule has 140 valence electrons. The van der Waals surface area contributed by atoms with Gasteiger partial charge in [0.15, 0.2) is 0 Å². The fourth-order valence-corrected chi connectivity index (χ4v) is 4.98. The van der Waals surface area contributed by atoms with E-state index in [0.717, 1.165) is 18.5 Å². The summed E-state index contributed by atoms with van der Waals surface area (Å²) >= 11 is 0. The molecule has 3 heterocycles. The monoisotopic (exact) mass is 377 g/mol. The first kappa shape index (κ1) is 17.7. The summed E-state index contributed by atoms with van der Waals surface area (Å²) < 4.78 is 41.5. The minimum atomic E-state index is -3.57. The summed E-state index contributed by atoms with van der Waals surface area (Å²) in [6.45, 7) is 1.92. The van der Waals surface area contributed by atoms with Gasteiger partial charge in [0.25, 0.3) is 0 Å². The lowest BCUT2D eigenvalue weighted by atomic mass is 9.84. The van der Waals surface area contributed by atoms with Gasteiger partial charge in [0.1, 0.15) is 0 Å². The van der Waals surface area contributed by atoms with Crippen LogP contribution < -0.4 is 4.72 Å². The Morgan fingerprint density at radius 2 is 1.92 bits per heavy atom. The van der Waals surface area contributed by atoms with Crippen LogP contribution in [-0.2, 0) is 19.5 Å². The Hall–Kier alpha value is -1.74. The summed E-state index contributed by atoms with van der Waals surface area (Å²) in [4.78, 5) is 0.265. The van der Waals surface area contributed by atoms with E-state index in [1.165, 1.54) is 0 Å². The molecule has 0 amide bonds. The summed E-state index contributed by atoms with van der Waals surface area (Å²) in [6.07, 6.45) is 6.53. The fourth-order valence-electron chi connectivity index (χ4n) is 3.71. The number of aromatic nitrogens is 2. The van der Waals surface area contributed by atoms with Crippen LogP contribution in [0.3, 0.4) is 0 Å². The molecule has 2 aliphatic rings. The Kier molecular flexibility index (Phi) is 4.83. The molecule has 0 radical (unpaired) electrons. The van der Waals surface area contributed by atoms with Gasteiger partial charge in [0.2, 0.25) is 10.0 Å². The second-order valence-corrected chi connectivity index (χ2v) is 8.61. The lowest BCUT2D eigenvalue weighted by Crippen LogP contribution is -2.50. The van der Waals surface area contributed by atoms with E-state index in [1.54, 1.807) is 35.1 Å². The molecule has 4 rings (SSSR count). The Labute approximate surface area is 153 Å². The van der Waals surface area contributed by atoms with Crippen LogP contribution in [0.4, 0.5) is 0 Å². The number of ether oxygens (including phenoxy) is 2. The number of hydrogen-bond donors (Lipinski definition) is 1. The van der Waals surface area contributed by atoms with E-state index in [9.17, 15) is 8.42 Å². The molecule has 1 aromatic heterocycles. The zero-order valence-electron chi connectivity index (χ0n) is 14.5. The van der Waals surface area contributed by atoms with Crippen LogP contribution in [0.5, 0.6) is 0 Å². The van der Waals surface area contributed by atoms with Crippen LogP contribution in [0.25, 0.3) is 5.69 Å². The minimum absolute atomic E-state index is 0.113. The van der Waals surface area contributed by atoms with Crippen molar-refractivity contribution in [1.29, 1.82) is 0 Å². The van der Waals surface area contributed by atoms with Crippen molar-refractivity contribution < 1.29 is 17.9 Å². The maximum absolute atomic E-state index is 12.8. The summed E-state index contributed by atoms with van der Waals surface area (Å²) in [5, 5.41) is 4.15. The average Bonchev–Trinajstić information content (AvgIpc) is 3.17. The Morgan fingerprint density at radius 1 is 1.15 bits per heavy atom. The van der Waals surface area contributed by atoms with Gasteiger partial charge >= 0.3 is 0 Å². The fraction of sp³-hybridized carbons (Fsp3) is 0.500. The quantitative estimate of drug-likeness (QED) is 0.880. The Bertz CT molecular complexity index is 822. The molecule has 2 fully saturated rings. The van der Waals surface area contributed by atoms with Crippen molar-refractivity contribution in [2.24, 2.45) is 0 Å². The molecule has 26 heavy (non-hydrogen) atoms. The number of rotatable bonds is 4. The molecule has 1 spiro atoms. The van der Waals surface area contributed by atoms with Crippen molar-refractivity contribution >= 4 is 10.0 Å². The van der Waals surface area contributed by atoms with Gasteiger partial charge in [-0.25, -0.2) is 17.8 Å². The predicted molar refractivity (Wildman–Crippen MR) is 95.6 cm³/mol. The van der Waals surface area contributed by atoms with Crippen LogP contribution in [-0.4, -0.2) is 49.7 Å². The number of nitrogens with zero attached hydrogens (tertiary/aromatic N) is 2. The Morgan fingerprint density at radius 3 is 2.62 bits per heavy atom. The van der Waals surface area contributed by atoms with E-state index in [4.69, 9.17) is 9.47 Å². The predicted octanol–water partition coefficient (Wildman–Crippen LogP) is 1.88. The first-order valence-corrected chi connectivity index (χ1v) is 10.4. The minimum Gasteiger partial charge on any atom is -0.381 e. The SMILES string of the molecule is O=S(=O)(N[C@@H]1CCOC2(CCOCC2)C1)c1ccc(-n2cccn2)cc1. The molecule has 1 atom stereocenters. The molecular weight excluding hydrogens is 354 g/mol. The molecule has 1 aromatic carbocycles. The molecule has 0 unspecified atom stereocenters. The summed E-state index contributed by atoms with van der Waals surface area (Å²) in [5.74, 6) is 0. The van der Waals surface area contributed by atoms with E-state index in [1.807, 2.05) is 12.3 Å². The van der Waals surface area contributed by atoms with Crippen LogP contribution in [0.15, 0.2) is 47.6 Å². The Balaban J connectivity index is 1.46. The second-order valence-electron chi connectivity index (χ2n) is 6.90. The van der Waals surface area contributed by atoms with Crippen LogP contribution >= 0.6 is 0 Å². The molecule has 2 aromatic rings. The van der Waals surface area contributed by atoms with Gasteiger partial charge in [-0.3, -0.25) is 0 Å². The zero-order valence-corrected chi connectivity index (χ0v) is 15.3. The summed E-state index contributed by atoms with van der Waals surface area (Å²) in [7, 11) is -3.57. The number of benzene rings is 1. The third-order valence-electron chi connectivity index (χ3n) is 5.13. The largest absolute Gasteiger partial charge is 0.381 e. The van der Waals surface area contributed by atoms with E-state index < -0.39 is 10.0 Å². The van der Waals surface area contributed by atoms with Gasteiger partial charge in [0.05, 0.1) is 16.2 Å². The van der Waals surface area contributed by atoms with Crippen LogP contribution in [0.1, 0.15) is 25.7 Å². The smallest absolute Gasteiger partial charge is 0.240 e. The highest BCUT2D eigenvalue weighted by atomic mass is 32.2. The van der Waals surface area contributed by atoms with E-state index in [2.05, 4.69) is 9.82 Å². The maximum atomic E-state index is 12.8. The molecule has 8 heteroatoms. The molecule has 0 bridgehead atoms. The molecule has 7 nitrogen and oxygen atoms in total. The molecule has 0 saturated carbocycles. The van der Waals surface area contributed by atoms with Crippen molar-refractivity contribution in [2.45, 2.75) is 42.2 Å². The van der Waals surface area contributed by atoms with Crippen LogP contribution in [0, 0.1) is 0 Å². The number of sulfonamides is 1. The molecule has 2 aliphatic heterocycles. The van der Waals surface area contributed by atoms with Gasteiger partial charge < -0.3 is 9.47 Å². The lowest BCUT2D eigenvalue weighted by molar-refractivity contribution is -0.138. The van der Waals surface area contributed by atoms with Gasteiger partial charge in [-0.2, -0.15) is 5.10 Å². The summed E-state index contributed by atoms with van der Waals surface area (Å²) in [5.41, 5.74) is 0.578. The third kappa shape index (κ3) is 3.68. The highest BCUT2D eigenvalue weighted by molar-refractivity contribution is 7.89. The molecule has 1 N–H and O–H groups in total. The maximum Gasteiger partial charge on any atom is 0.240 e. The molecular formula is C18H23N3O4S. The molecule has 0 aliphatic carbocycles. The topological polar surface area (TPSA) is 82.5 Å². The van der Waals surface area contributed by atoms with Crippen LogP contribution in [0.2, 0.25) is 0 Å². The van der Waals surface area contributed by atoms with Crippen molar-refractivity contribution in [3.63, 3.8) is 0 Å². The average molecular weight is 377 g/mol. The second kappa shape index (κ2) is 7.11. The summed E-state index contributed by atoms with van der Waals surface area (Å²) in [6, 6.07) is 8.45. The highest BCUT2D eigenvalue weighted by Crippen LogP contribution is 2.34. The third-order valence-corrected chi connectivity index (χ3v) is 6.67. The van der Waals surface area contributed by atoms with Gasteiger partial charge in [0, 0.05) is 38.3 Å². The number of nitrogens with one attached hydrogen (secondary N) is 1.